The van der Waals surface area contributed by atoms with Gasteiger partial charge in [0, 0.05) is 5.69 Å². The predicted molar refractivity (Wildman–Crippen MR) is 103 cm³/mol. The van der Waals surface area contributed by atoms with Gasteiger partial charge in [-0.25, -0.2) is 4.79 Å². The fourth-order valence-electron chi connectivity index (χ4n) is 3.48. The van der Waals surface area contributed by atoms with Crippen LogP contribution >= 0.6 is 0 Å². The van der Waals surface area contributed by atoms with Gasteiger partial charge in [0.15, 0.2) is 11.5 Å². The maximum atomic E-state index is 12.6. The molecule has 1 aliphatic carbocycles. The summed E-state index contributed by atoms with van der Waals surface area (Å²) in [4.78, 5) is 12.6. The van der Waals surface area contributed by atoms with Crippen LogP contribution in [0.3, 0.4) is 0 Å². The van der Waals surface area contributed by atoms with Gasteiger partial charge in [0.25, 0.3) is 0 Å². The Labute approximate surface area is 154 Å². The van der Waals surface area contributed by atoms with E-state index in [0.717, 1.165) is 35.2 Å². The molecule has 0 aliphatic heterocycles. The van der Waals surface area contributed by atoms with E-state index in [0.29, 0.717) is 11.5 Å². The second-order valence-electron chi connectivity index (χ2n) is 7.00. The molecule has 5 heteroatoms. The van der Waals surface area contributed by atoms with Gasteiger partial charge in [-0.1, -0.05) is 23.8 Å². The van der Waals surface area contributed by atoms with Crippen LogP contribution < -0.4 is 20.1 Å². The summed E-state index contributed by atoms with van der Waals surface area (Å²) in [7, 11) is 3.23. The summed E-state index contributed by atoms with van der Waals surface area (Å²) in [6.07, 6.45) is 1.81. The van der Waals surface area contributed by atoms with Crippen LogP contribution in [0.2, 0.25) is 0 Å². The molecule has 0 bridgehead atoms. The number of hydrogen-bond acceptors (Lipinski definition) is 3. The van der Waals surface area contributed by atoms with E-state index in [1.807, 2.05) is 32.0 Å². The lowest BCUT2D eigenvalue weighted by molar-refractivity contribution is 0.247. The van der Waals surface area contributed by atoms with E-state index in [2.05, 4.69) is 29.7 Å². The topological polar surface area (TPSA) is 59.6 Å². The van der Waals surface area contributed by atoms with Gasteiger partial charge in [-0.05, 0) is 62.4 Å². The monoisotopic (exact) mass is 354 g/mol. The van der Waals surface area contributed by atoms with E-state index in [9.17, 15) is 4.79 Å². The summed E-state index contributed by atoms with van der Waals surface area (Å²) >= 11 is 0. The zero-order valence-corrected chi connectivity index (χ0v) is 16.0. The third-order valence-electron chi connectivity index (χ3n) is 4.95. The molecule has 0 spiro atoms. The first kappa shape index (κ1) is 18.1. The number of methoxy groups -OCH3 is 2. The van der Waals surface area contributed by atoms with Crippen LogP contribution in [-0.2, 0) is 5.54 Å². The average molecular weight is 354 g/mol. The Balaban J connectivity index is 1.77. The van der Waals surface area contributed by atoms with Crippen molar-refractivity contribution in [2.75, 3.05) is 19.5 Å². The standard InChI is InChI=1S/C21H26N2O3/c1-13-10-14(2)19(15(3)11-13)22-20(24)23-21(8-9-21)16-6-7-17(25-4)18(12-16)26-5/h6-7,10-12H,8-9H2,1-5H3,(H2,22,23,24). The van der Waals surface area contributed by atoms with E-state index < -0.39 is 0 Å². The smallest absolute Gasteiger partial charge is 0.319 e. The van der Waals surface area contributed by atoms with Crippen molar-refractivity contribution >= 4 is 11.7 Å². The third-order valence-corrected chi connectivity index (χ3v) is 4.95. The molecule has 3 rings (SSSR count). The molecule has 0 aromatic heterocycles. The van der Waals surface area contributed by atoms with Crippen molar-refractivity contribution in [2.24, 2.45) is 0 Å². The lowest BCUT2D eigenvalue weighted by Crippen LogP contribution is -2.38. The summed E-state index contributed by atoms with van der Waals surface area (Å²) in [5.41, 5.74) is 4.88. The molecule has 5 nitrogen and oxygen atoms in total. The Kier molecular flexibility index (Phi) is 4.81. The Morgan fingerprint density at radius 2 is 1.58 bits per heavy atom. The molecule has 2 aromatic carbocycles. The summed E-state index contributed by atoms with van der Waals surface area (Å²) in [5.74, 6) is 1.35. The number of urea groups is 1. The Hall–Kier alpha value is -2.69. The van der Waals surface area contributed by atoms with E-state index in [4.69, 9.17) is 9.47 Å². The van der Waals surface area contributed by atoms with Gasteiger partial charge in [0.05, 0.1) is 19.8 Å². The van der Waals surface area contributed by atoms with E-state index >= 15 is 0 Å². The molecule has 0 radical (unpaired) electrons. The molecule has 26 heavy (non-hydrogen) atoms. The highest BCUT2D eigenvalue weighted by atomic mass is 16.5. The van der Waals surface area contributed by atoms with Crippen molar-refractivity contribution in [3.8, 4) is 11.5 Å². The van der Waals surface area contributed by atoms with Gasteiger partial charge in [-0.3, -0.25) is 0 Å². The highest BCUT2D eigenvalue weighted by molar-refractivity contribution is 5.92. The van der Waals surface area contributed by atoms with Gasteiger partial charge in [0.1, 0.15) is 0 Å². The van der Waals surface area contributed by atoms with Crippen LogP contribution in [0.1, 0.15) is 35.1 Å². The molecule has 0 unspecified atom stereocenters. The number of hydrogen-bond donors (Lipinski definition) is 2. The first-order chi connectivity index (χ1) is 12.4. The number of ether oxygens (including phenoxy) is 2. The molecule has 138 valence electrons. The number of anilines is 1. The minimum absolute atomic E-state index is 0.188. The number of carbonyl (C=O) groups is 1. The number of carbonyl (C=O) groups excluding carboxylic acids is 1. The van der Waals surface area contributed by atoms with Crippen molar-refractivity contribution in [1.82, 2.24) is 5.32 Å². The molecule has 0 heterocycles. The average Bonchev–Trinajstić information content (AvgIpc) is 3.38. The Morgan fingerprint density at radius 1 is 0.962 bits per heavy atom. The molecular weight excluding hydrogens is 328 g/mol. The number of aryl methyl sites for hydroxylation is 3. The molecule has 1 fully saturated rings. The number of nitrogens with one attached hydrogen (secondary N) is 2. The minimum atomic E-state index is -0.337. The van der Waals surface area contributed by atoms with Gasteiger partial charge >= 0.3 is 6.03 Å². The lowest BCUT2D eigenvalue weighted by Gasteiger charge is -2.21. The Morgan fingerprint density at radius 3 is 2.12 bits per heavy atom. The maximum Gasteiger partial charge on any atom is 0.319 e. The molecule has 2 aromatic rings. The van der Waals surface area contributed by atoms with Crippen LogP contribution in [0.5, 0.6) is 11.5 Å². The van der Waals surface area contributed by atoms with Crippen molar-refractivity contribution in [2.45, 2.75) is 39.2 Å². The predicted octanol–water partition coefficient (Wildman–Crippen LogP) is 4.44. The van der Waals surface area contributed by atoms with Gasteiger partial charge in [-0.2, -0.15) is 0 Å². The number of amides is 2. The van der Waals surface area contributed by atoms with Crippen LogP contribution in [0.15, 0.2) is 30.3 Å². The van der Waals surface area contributed by atoms with Crippen LogP contribution in [0.4, 0.5) is 10.5 Å². The third kappa shape index (κ3) is 3.47. The quantitative estimate of drug-likeness (QED) is 0.834. The lowest BCUT2D eigenvalue weighted by atomic mass is 10.0. The molecule has 0 saturated heterocycles. The van der Waals surface area contributed by atoms with E-state index in [1.54, 1.807) is 14.2 Å². The normalized spacial score (nSPS) is 14.5. The summed E-state index contributed by atoms with van der Waals surface area (Å²) in [6, 6.07) is 9.76. The highest BCUT2D eigenvalue weighted by Crippen LogP contribution is 2.47. The first-order valence-electron chi connectivity index (χ1n) is 8.78. The van der Waals surface area contributed by atoms with E-state index in [1.165, 1.54) is 5.56 Å². The molecule has 2 amide bonds. The summed E-state index contributed by atoms with van der Waals surface area (Å²) in [5, 5.41) is 6.16. The van der Waals surface area contributed by atoms with Crippen molar-refractivity contribution in [3.05, 3.63) is 52.6 Å². The maximum absolute atomic E-state index is 12.6. The Bertz CT molecular complexity index is 818. The van der Waals surface area contributed by atoms with Gasteiger partial charge in [0.2, 0.25) is 0 Å². The zero-order chi connectivity index (χ0) is 18.9. The first-order valence-corrected chi connectivity index (χ1v) is 8.78. The summed E-state index contributed by atoms with van der Waals surface area (Å²) in [6.45, 7) is 6.08. The van der Waals surface area contributed by atoms with Gasteiger partial charge < -0.3 is 20.1 Å². The molecular formula is C21H26N2O3. The second kappa shape index (κ2) is 6.90. The van der Waals surface area contributed by atoms with E-state index in [-0.39, 0.29) is 11.6 Å². The van der Waals surface area contributed by atoms with Crippen molar-refractivity contribution in [3.63, 3.8) is 0 Å². The largest absolute Gasteiger partial charge is 0.493 e. The fourth-order valence-corrected chi connectivity index (χ4v) is 3.48. The van der Waals surface area contributed by atoms with Gasteiger partial charge in [-0.15, -0.1) is 0 Å². The summed E-state index contributed by atoms with van der Waals surface area (Å²) < 4.78 is 10.7. The molecule has 1 saturated carbocycles. The molecule has 1 aliphatic rings. The zero-order valence-electron chi connectivity index (χ0n) is 16.0. The SMILES string of the molecule is COc1ccc(C2(NC(=O)Nc3c(C)cc(C)cc3C)CC2)cc1OC. The minimum Gasteiger partial charge on any atom is -0.493 e. The molecule has 2 N–H and O–H groups in total. The highest BCUT2D eigenvalue weighted by Gasteiger charge is 2.46. The number of rotatable bonds is 5. The van der Waals surface area contributed by atoms with Crippen LogP contribution in [0, 0.1) is 20.8 Å². The number of benzene rings is 2. The van der Waals surface area contributed by atoms with Crippen molar-refractivity contribution < 1.29 is 14.3 Å². The van der Waals surface area contributed by atoms with Crippen LogP contribution in [0.25, 0.3) is 0 Å². The van der Waals surface area contributed by atoms with Crippen molar-refractivity contribution in [1.29, 1.82) is 0 Å². The molecule has 0 atom stereocenters. The fraction of sp³-hybridized carbons (Fsp3) is 0.381. The van der Waals surface area contributed by atoms with Crippen LogP contribution in [-0.4, -0.2) is 20.3 Å². The second-order valence-corrected chi connectivity index (χ2v) is 7.00.